The first-order valence-corrected chi connectivity index (χ1v) is 6.54. The summed E-state index contributed by atoms with van der Waals surface area (Å²) in [6.45, 7) is 10.3. The van der Waals surface area contributed by atoms with E-state index in [1.165, 1.54) is 0 Å². The normalized spacial score (nSPS) is 12.9. The first kappa shape index (κ1) is 16.7. The highest BCUT2D eigenvalue weighted by Gasteiger charge is 2.25. The minimum atomic E-state index is -0.841. The fourth-order valence-corrected chi connectivity index (χ4v) is 1.72. The van der Waals surface area contributed by atoms with Gasteiger partial charge in [-0.1, -0.05) is 6.92 Å². The number of aliphatic carboxylic acids is 1. The van der Waals surface area contributed by atoms with Crippen LogP contribution in [0, 0.1) is 0 Å². The molecule has 0 aliphatic rings. The second kappa shape index (κ2) is 7.24. The van der Waals surface area contributed by atoms with Crippen molar-refractivity contribution in [1.82, 2.24) is 10.2 Å². The molecule has 18 heavy (non-hydrogen) atoms. The minimum absolute atomic E-state index is 0.0583. The van der Waals surface area contributed by atoms with Crippen molar-refractivity contribution in [2.24, 2.45) is 0 Å². The lowest BCUT2D eigenvalue weighted by Gasteiger charge is -2.33. The Labute approximate surface area is 110 Å². The largest absolute Gasteiger partial charge is 0.481 e. The van der Waals surface area contributed by atoms with Crippen LogP contribution in [0.15, 0.2) is 0 Å². The molecular weight excluding hydrogens is 232 g/mol. The standard InChI is InChI=1S/C13H26N2O3/c1-6-10(3)15(7-2)12(18)14-13(4,5)9-8-11(16)17/h10H,6-9H2,1-5H3,(H,14,18)(H,16,17). The lowest BCUT2D eigenvalue weighted by atomic mass is 9.98. The predicted octanol–water partition coefficient (Wildman–Crippen LogP) is 2.46. The van der Waals surface area contributed by atoms with E-state index >= 15 is 0 Å². The van der Waals surface area contributed by atoms with E-state index in [4.69, 9.17) is 5.11 Å². The van der Waals surface area contributed by atoms with Crippen LogP contribution in [0.25, 0.3) is 0 Å². The summed E-state index contributed by atoms with van der Waals surface area (Å²) in [7, 11) is 0. The molecular formula is C13H26N2O3. The highest BCUT2D eigenvalue weighted by Crippen LogP contribution is 2.13. The first-order chi connectivity index (χ1) is 8.23. The molecule has 2 amide bonds. The van der Waals surface area contributed by atoms with Crippen LogP contribution in [-0.2, 0) is 4.79 Å². The van der Waals surface area contributed by atoms with Gasteiger partial charge in [0.05, 0.1) is 0 Å². The van der Waals surface area contributed by atoms with Crippen LogP contribution in [0.5, 0.6) is 0 Å². The van der Waals surface area contributed by atoms with E-state index in [2.05, 4.69) is 5.32 Å². The fraction of sp³-hybridized carbons (Fsp3) is 0.846. The molecule has 0 bridgehead atoms. The number of carboxylic acid groups (broad SMARTS) is 1. The maximum absolute atomic E-state index is 12.1. The molecule has 0 spiro atoms. The maximum Gasteiger partial charge on any atom is 0.318 e. The molecule has 106 valence electrons. The summed E-state index contributed by atoms with van der Waals surface area (Å²) in [5.74, 6) is -0.841. The zero-order valence-electron chi connectivity index (χ0n) is 12.1. The number of nitrogens with one attached hydrogen (secondary N) is 1. The van der Waals surface area contributed by atoms with Crippen molar-refractivity contribution < 1.29 is 14.7 Å². The molecule has 0 heterocycles. The van der Waals surface area contributed by atoms with Gasteiger partial charge in [-0.05, 0) is 40.5 Å². The topological polar surface area (TPSA) is 69.6 Å². The van der Waals surface area contributed by atoms with Crippen LogP contribution in [0.4, 0.5) is 4.79 Å². The second-order valence-corrected chi connectivity index (χ2v) is 5.25. The highest BCUT2D eigenvalue weighted by atomic mass is 16.4. The number of nitrogens with zero attached hydrogens (tertiary/aromatic N) is 1. The predicted molar refractivity (Wildman–Crippen MR) is 71.6 cm³/mol. The molecule has 0 aromatic rings. The quantitative estimate of drug-likeness (QED) is 0.737. The Bertz CT molecular complexity index is 290. The summed E-state index contributed by atoms with van der Waals surface area (Å²) in [4.78, 5) is 24.4. The van der Waals surface area contributed by atoms with Crippen LogP contribution in [0.3, 0.4) is 0 Å². The Balaban J connectivity index is 4.47. The van der Waals surface area contributed by atoms with Gasteiger partial charge in [0.1, 0.15) is 0 Å². The van der Waals surface area contributed by atoms with E-state index in [0.29, 0.717) is 13.0 Å². The van der Waals surface area contributed by atoms with Gasteiger partial charge < -0.3 is 15.3 Å². The molecule has 5 heteroatoms. The van der Waals surface area contributed by atoms with Crippen molar-refractivity contribution in [2.75, 3.05) is 6.54 Å². The van der Waals surface area contributed by atoms with Crippen LogP contribution >= 0.6 is 0 Å². The first-order valence-electron chi connectivity index (χ1n) is 6.54. The van der Waals surface area contributed by atoms with Crippen molar-refractivity contribution in [2.45, 2.75) is 65.5 Å². The molecule has 0 fully saturated rings. The van der Waals surface area contributed by atoms with E-state index in [1.807, 2.05) is 34.6 Å². The van der Waals surface area contributed by atoms with E-state index < -0.39 is 11.5 Å². The zero-order chi connectivity index (χ0) is 14.3. The van der Waals surface area contributed by atoms with Crippen molar-refractivity contribution in [3.8, 4) is 0 Å². The Kier molecular flexibility index (Phi) is 6.73. The van der Waals surface area contributed by atoms with Crippen molar-refractivity contribution in [3.05, 3.63) is 0 Å². The molecule has 0 aliphatic heterocycles. The third-order valence-corrected chi connectivity index (χ3v) is 3.13. The Morgan fingerprint density at radius 2 is 1.89 bits per heavy atom. The Hall–Kier alpha value is -1.26. The summed E-state index contributed by atoms with van der Waals surface area (Å²) in [5.41, 5.74) is -0.504. The average molecular weight is 258 g/mol. The SMILES string of the molecule is CCC(C)N(CC)C(=O)NC(C)(C)CCC(=O)O. The zero-order valence-corrected chi connectivity index (χ0v) is 12.1. The number of carbonyl (C=O) groups is 2. The molecule has 0 rings (SSSR count). The van der Waals surface area contributed by atoms with E-state index in [0.717, 1.165) is 6.42 Å². The van der Waals surface area contributed by atoms with Crippen molar-refractivity contribution >= 4 is 12.0 Å². The Morgan fingerprint density at radius 3 is 2.28 bits per heavy atom. The van der Waals surface area contributed by atoms with E-state index in [1.54, 1.807) is 4.90 Å². The van der Waals surface area contributed by atoms with Crippen LogP contribution in [0.1, 0.15) is 53.9 Å². The van der Waals surface area contributed by atoms with Crippen LogP contribution < -0.4 is 5.32 Å². The molecule has 0 aromatic carbocycles. The number of hydrogen-bond donors (Lipinski definition) is 2. The fourth-order valence-electron chi connectivity index (χ4n) is 1.72. The van der Waals surface area contributed by atoms with Gasteiger partial charge in [0, 0.05) is 24.5 Å². The van der Waals surface area contributed by atoms with E-state index in [-0.39, 0.29) is 18.5 Å². The molecule has 0 saturated carbocycles. The van der Waals surface area contributed by atoms with Gasteiger partial charge in [-0.15, -0.1) is 0 Å². The summed E-state index contributed by atoms with van der Waals surface area (Å²) >= 11 is 0. The lowest BCUT2D eigenvalue weighted by molar-refractivity contribution is -0.137. The number of urea groups is 1. The monoisotopic (exact) mass is 258 g/mol. The third kappa shape index (κ3) is 5.89. The van der Waals surface area contributed by atoms with E-state index in [9.17, 15) is 9.59 Å². The summed E-state index contributed by atoms with van der Waals surface area (Å²) in [6, 6.07) is 0.0625. The average Bonchev–Trinajstić information content (AvgIpc) is 2.26. The maximum atomic E-state index is 12.1. The summed E-state index contributed by atoms with van der Waals surface area (Å²) in [6.07, 6.45) is 1.38. The third-order valence-electron chi connectivity index (χ3n) is 3.13. The van der Waals surface area contributed by atoms with Gasteiger partial charge in [-0.3, -0.25) is 4.79 Å². The number of hydrogen-bond acceptors (Lipinski definition) is 2. The molecule has 0 aliphatic carbocycles. The van der Waals surface area contributed by atoms with Gasteiger partial charge in [-0.25, -0.2) is 4.79 Å². The molecule has 5 nitrogen and oxygen atoms in total. The second-order valence-electron chi connectivity index (χ2n) is 5.25. The van der Waals surface area contributed by atoms with Gasteiger partial charge in [0.15, 0.2) is 0 Å². The summed E-state index contributed by atoms with van der Waals surface area (Å²) in [5, 5.41) is 11.6. The minimum Gasteiger partial charge on any atom is -0.481 e. The van der Waals surface area contributed by atoms with Gasteiger partial charge >= 0.3 is 12.0 Å². The summed E-state index contributed by atoms with van der Waals surface area (Å²) < 4.78 is 0. The number of rotatable bonds is 7. The lowest BCUT2D eigenvalue weighted by Crippen LogP contribution is -2.52. The highest BCUT2D eigenvalue weighted by molar-refractivity contribution is 5.75. The van der Waals surface area contributed by atoms with Crippen LogP contribution in [-0.4, -0.2) is 40.1 Å². The Morgan fingerprint density at radius 1 is 1.33 bits per heavy atom. The molecule has 1 atom stereocenters. The number of amides is 2. The van der Waals surface area contributed by atoms with Crippen LogP contribution in [0.2, 0.25) is 0 Å². The molecule has 0 aromatic heterocycles. The van der Waals surface area contributed by atoms with Gasteiger partial charge in [0.25, 0.3) is 0 Å². The van der Waals surface area contributed by atoms with Crippen molar-refractivity contribution in [3.63, 3.8) is 0 Å². The van der Waals surface area contributed by atoms with Gasteiger partial charge in [-0.2, -0.15) is 0 Å². The molecule has 2 N–H and O–H groups in total. The van der Waals surface area contributed by atoms with Gasteiger partial charge in [0.2, 0.25) is 0 Å². The molecule has 1 unspecified atom stereocenters. The smallest absolute Gasteiger partial charge is 0.318 e. The molecule has 0 radical (unpaired) electrons. The number of carbonyl (C=O) groups excluding carboxylic acids is 1. The number of carboxylic acids is 1. The van der Waals surface area contributed by atoms with Crippen molar-refractivity contribution in [1.29, 1.82) is 0 Å². The molecule has 0 saturated heterocycles.